The van der Waals surface area contributed by atoms with Crippen LogP contribution in [0.4, 0.5) is 0 Å². The van der Waals surface area contributed by atoms with E-state index in [1.54, 1.807) is 48.5 Å². The number of aromatic nitrogens is 2. The van der Waals surface area contributed by atoms with Gasteiger partial charge in [-0.15, -0.1) is 0 Å². The highest BCUT2D eigenvalue weighted by Gasteiger charge is 2.19. The molecule has 0 saturated carbocycles. The second kappa shape index (κ2) is 8.47. The van der Waals surface area contributed by atoms with Crippen LogP contribution in [0.1, 0.15) is 30.8 Å². The van der Waals surface area contributed by atoms with Gasteiger partial charge in [0.2, 0.25) is 0 Å². The van der Waals surface area contributed by atoms with Gasteiger partial charge in [-0.1, -0.05) is 43.3 Å². The van der Waals surface area contributed by atoms with Crippen LogP contribution in [0.3, 0.4) is 0 Å². The summed E-state index contributed by atoms with van der Waals surface area (Å²) < 4.78 is 6.31. The fourth-order valence-corrected chi connectivity index (χ4v) is 2.70. The van der Waals surface area contributed by atoms with Crippen LogP contribution in [0, 0.1) is 0 Å². The summed E-state index contributed by atoms with van der Waals surface area (Å²) in [4.78, 5) is 37.3. The number of fused-ring (bicyclic) bond motifs is 1. The number of hydrogen-bond acceptors (Lipinski definition) is 5. The molecule has 0 aliphatic heterocycles. The van der Waals surface area contributed by atoms with E-state index in [0.717, 1.165) is 11.1 Å². The number of para-hydroxylation sites is 1. The largest absolute Gasteiger partial charge is 0.451 e. The van der Waals surface area contributed by atoms with E-state index in [1.165, 1.54) is 0 Å². The quantitative estimate of drug-likeness (QED) is 0.665. The highest BCUT2D eigenvalue weighted by Crippen LogP contribution is 2.16. The highest BCUT2D eigenvalue weighted by atomic mass is 16.5. The zero-order valence-electron chi connectivity index (χ0n) is 15.7. The minimum absolute atomic E-state index is 0.00913. The summed E-state index contributed by atoms with van der Waals surface area (Å²) in [6.45, 7) is 3.40. The van der Waals surface area contributed by atoms with Crippen LogP contribution >= 0.6 is 0 Å². The minimum atomic E-state index is -0.764. The van der Waals surface area contributed by atoms with Gasteiger partial charge in [-0.05, 0) is 31.5 Å². The van der Waals surface area contributed by atoms with Crippen molar-refractivity contribution in [2.75, 3.05) is 6.61 Å². The van der Waals surface area contributed by atoms with Crippen LogP contribution in [0.25, 0.3) is 16.5 Å². The van der Waals surface area contributed by atoms with Gasteiger partial charge in [0.25, 0.3) is 11.5 Å². The third-order valence-corrected chi connectivity index (χ3v) is 4.35. The van der Waals surface area contributed by atoms with E-state index in [0.29, 0.717) is 16.5 Å². The Morgan fingerprint density at radius 3 is 2.39 bits per heavy atom. The first-order valence-corrected chi connectivity index (χ1v) is 9.05. The average Bonchev–Trinajstić information content (AvgIpc) is 2.73. The van der Waals surface area contributed by atoms with Gasteiger partial charge in [0, 0.05) is 11.4 Å². The van der Waals surface area contributed by atoms with E-state index in [4.69, 9.17) is 4.74 Å². The Morgan fingerprint density at radius 1 is 1.07 bits per heavy atom. The lowest BCUT2D eigenvalue weighted by molar-refractivity contribution is -0.124. The molecule has 144 valence electrons. The van der Waals surface area contributed by atoms with E-state index in [1.807, 2.05) is 19.9 Å². The molecule has 0 aliphatic carbocycles. The summed E-state index contributed by atoms with van der Waals surface area (Å²) in [6.07, 6.45) is 0.772. The third kappa shape index (κ3) is 4.09. The first-order valence-electron chi connectivity index (χ1n) is 9.05. The second-order valence-corrected chi connectivity index (χ2v) is 6.40. The number of nitrogens with zero attached hydrogens (tertiary/aromatic N) is 2. The molecule has 3 aromatic rings. The molecule has 0 fully saturated rings. The van der Waals surface area contributed by atoms with Gasteiger partial charge in [0.05, 0.1) is 11.1 Å². The van der Waals surface area contributed by atoms with Crippen molar-refractivity contribution in [2.24, 2.45) is 0 Å². The van der Waals surface area contributed by atoms with Crippen LogP contribution in [-0.4, -0.2) is 34.3 Å². The van der Waals surface area contributed by atoms with E-state index >= 15 is 0 Å². The van der Waals surface area contributed by atoms with Crippen molar-refractivity contribution in [3.63, 3.8) is 0 Å². The fourth-order valence-electron chi connectivity index (χ4n) is 2.70. The number of carbonyl (C=O) groups is 2. The summed E-state index contributed by atoms with van der Waals surface area (Å²) in [5.74, 6) is -1.15. The van der Waals surface area contributed by atoms with Gasteiger partial charge in [-0.25, -0.2) is 4.79 Å². The number of rotatable bonds is 6. The maximum atomic E-state index is 12.8. The highest BCUT2D eigenvalue weighted by molar-refractivity contribution is 6.02. The summed E-state index contributed by atoms with van der Waals surface area (Å²) in [5.41, 5.74) is 0.171. The normalized spacial score (nSPS) is 11.8. The zero-order chi connectivity index (χ0) is 20.1. The van der Waals surface area contributed by atoms with Crippen molar-refractivity contribution in [1.29, 1.82) is 0 Å². The lowest BCUT2D eigenvalue weighted by Crippen LogP contribution is -2.35. The Balaban J connectivity index is 1.96. The molecule has 2 aromatic carbocycles. The van der Waals surface area contributed by atoms with Crippen LogP contribution in [0.5, 0.6) is 0 Å². The van der Waals surface area contributed by atoms with Gasteiger partial charge in [0.15, 0.2) is 12.3 Å². The predicted octanol–water partition coefficient (Wildman–Crippen LogP) is 2.46. The number of ether oxygens (including phenoxy) is 1. The minimum Gasteiger partial charge on any atom is -0.451 e. The standard InChI is InChI=1S/C21H21N3O4/c1-3-14(2)22-18(25)13-28-21(27)19-16-11-7-8-12-17(16)20(26)24(23-19)15-9-5-4-6-10-15/h4-12,14H,3,13H2,1-2H3,(H,22,25)/t14-/m1/s1. The zero-order valence-corrected chi connectivity index (χ0v) is 15.7. The van der Waals surface area contributed by atoms with Crippen molar-refractivity contribution < 1.29 is 14.3 Å². The summed E-state index contributed by atoms with van der Waals surface area (Å²) in [6, 6.07) is 15.5. The van der Waals surface area contributed by atoms with Crippen molar-refractivity contribution in [1.82, 2.24) is 15.1 Å². The maximum Gasteiger partial charge on any atom is 0.359 e. The van der Waals surface area contributed by atoms with Crippen LogP contribution in [0.15, 0.2) is 59.4 Å². The fraction of sp³-hybridized carbons (Fsp3) is 0.238. The van der Waals surface area contributed by atoms with E-state index in [2.05, 4.69) is 10.4 Å². The van der Waals surface area contributed by atoms with Crippen molar-refractivity contribution >= 4 is 22.6 Å². The third-order valence-electron chi connectivity index (χ3n) is 4.35. The smallest absolute Gasteiger partial charge is 0.359 e. The van der Waals surface area contributed by atoms with Crippen molar-refractivity contribution in [3.05, 3.63) is 70.6 Å². The van der Waals surface area contributed by atoms with Gasteiger partial charge >= 0.3 is 5.97 Å². The molecular formula is C21H21N3O4. The lowest BCUT2D eigenvalue weighted by Gasteiger charge is -2.13. The summed E-state index contributed by atoms with van der Waals surface area (Å²) >= 11 is 0. The predicted molar refractivity (Wildman–Crippen MR) is 106 cm³/mol. The Kier molecular flexibility index (Phi) is 5.84. The molecular weight excluding hydrogens is 358 g/mol. The Labute approximate surface area is 161 Å². The molecule has 0 unspecified atom stereocenters. The second-order valence-electron chi connectivity index (χ2n) is 6.40. The molecule has 0 bridgehead atoms. The number of hydrogen-bond donors (Lipinski definition) is 1. The van der Waals surface area contributed by atoms with Crippen molar-refractivity contribution in [3.8, 4) is 5.69 Å². The van der Waals surface area contributed by atoms with E-state index in [-0.39, 0.29) is 23.2 Å². The molecule has 1 aromatic heterocycles. The molecule has 1 atom stereocenters. The Hall–Kier alpha value is -3.48. The van der Waals surface area contributed by atoms with Crippen LogP contribution in [-0.2, 0) is 9.53 Å². The lowest BCUT2D eigenvalue weighted by atomic mass is 10.1. The number of amides is 1. The first kappa shape index (κ1) is 19.3. The molecule has 1 heterocycles. The van der Waals surface area contributed by atoms with Crippen LogP contribution < -0.4 is 10.9 Å². The average molecular weight is 379 g/mol. The Morgan fingerprint density at radius 2 is 1.71 bits per heavy atom. The molecule has 3 rings (SSSR count). The topological polar surface area (TPSA) is 90.3 Å². The molecule has 7 heteroatoms. The summed E-state index contributed by atoms with van der Waals surface area (Å²) in [5, 5.41) is 7.68. The van der Waals surface area contributed by atoms with E-state index in [9.17, 15) is 14.4 Å². The molecule has 0 radical (unpaired) electrons. The van der Waals surface area contributed by atoms with Gasteiger partial charge in [-0.2, -0.15) is 9.78 Å². The molecule has 7 nitrogen and oxygen atoms in total. The monoisotopic (exact) mass is 379 g/mol. The number of benzene rings is 2. The van der Waals surface area contributed by atoms with Crippen LogP contribution in [0.2, 0.25) is 0 Å². The molecule has 1 amide bonds. The van der Waals surface area contributed by atoms with E-state index < -0.39 is 12.6 Å². The van der Waals surface area contributed by atoms with Gasteiger partial charge < -0.3 is 10.1 Å². The molecule has 28 heavy (non-hydrogen) atoms. The number of nitrogens with one attached hydrogen (secondary N) is 1. The Bertz CT molecular complexity index is 1060. The van der Waals surface area contributed by atoms with Gasteiger partial charge in [0.1, 0.15) is 0 Å². The molecule has 0 spiro atoms. The van der Waals surface area contributed by atoms with Crippen molar-refractivity contribution in [2.45, 2.75) is 26.3 Å². The molecule has 1 N–H and O–H groups in total. The van der Waals surface area contributed by atoms with Gasteiger partial charge in [-0.3, -0.25) is 9.59 Å². The number of esters is 1. The number of carbonyl (C=O) groups excluding carboxylic acids is 2. The molecule has 0 aliphatic rings. The SMILES string of the molecule is CC[C@@H](C)NC(=O)COC(=O)c1nn(-c2ccccc2)c(=O)c2ccccc12. The first-order chi connectivity index (χ1) is 13.5. The molecule has 0 saturated heterocycles. The maximum absolute atomic E-state index is 12.8. The summed E-state index contributed by atoms with van der Waals surface area (Å²) in [7, 11) is 0.